The molecule has 1 aromatic carbocycles. The summed E-state index contributed by atoms with van der Waals surface area (Å²) >= 11 is 0. The predicted molar refractivity (Wildman–Crippen MR) is 78.1 cm³/mol. The van der Waals surface area contributed by atoms with Crippen molar-refractivity contribution in [3.05, 3.63) is 29.3 Å². The maximum Gasteiger partial charge on any atom is 0.164 e. The highest BCUT2D eigenvalue weighted by molar-refractivity contribution is 7.92. The number of benzene rings is 1. The summed E-state index contributed by atoms with van der Waals surface area (Å²) in [6, 6.07) is 5.10. The molecule has 19 heavy (non-hydrogen) atoms. The maximum atomic E-state index is 12.1. The third-order valence-corrected chi connectivity index (χ3v) is 5.81. The van der Waals surface area contributed by atoms with Crippen molar-refractivity contribution in [2.75, 3.05) is 11.5 Å². The second-order valence-corrected chi connectivity index (χ2v) is 8.49. The van der Waals surface area contributed by atoms with Crippen LogP contribution in [-0.4, -0.2) is 24.7 Å². The summed E-state index contributed by atoms with van der Waals surface area (Å²) in [5.74, 6) is -0.318. The highest BCUT2D eigenvalue weighted by Gasteiger charge is 2.29. The number of carbonyl (C=O) groups excluding carboxylic acids is 1. The average molecular weight is 283 g/mol. The Morgan fingerprint density at radius 3 is 2.37 bits per heavy atom. The second-order valence-electron chi connectivity index (χ2n) is 5.62. The van der Waals surface area contributed by atoms with Gasteiger partial charge >= 0.3 is 0 Å². The number of hydrogen-bond acceptors (Lipinski definition) is 4. The fourth-order valence-electron chi connectivity index (χ4n) is 1.62. The molecule has 0 aliphatic heterocycles. The number of nitrogen functional groups attached to an aromatic ring is 1. The van der Waals surface area contributed by atoms with Crippen LogP contribution in [0.4, 0.5) is 5.69 Å². The van der Waals surface area contributed by atoms with Crippen molar-refractivity contribution < 1.29 is 13.2 Å². The van der Waals surface area contributed by atoms with Gasteiger partial charge in [-0.15, -0.1) is 0 Å². The van der Waals surface area contributed by atoms with Crippen LogP contribution in [0.1, 0.15) is 43.1 Å². The van der Waals surface area contributed by atoms with Gasteiger partial charge in [-0.05, 0) is 39.3 Å². The zero-order chi connectivity index (χ0) is 14.8. The first kappa shape index (κ1) is 15.7. The van der Waals surface area contributed by atoms with Gasteiger partial charge < -0.3 is 5.73 Å². The van der Waals surface area contributed by atoms with E-state index in [1.807, 2.05) is 0 Å². The minimum absolute atomic E-state index is 0.0100. The molecule has 0 aliphatic rings. The van der Waals surface area contributed by atoms with Gasteiger partial charge in [0, 0.05) is 17.7 Å². The van der Waals surface area contributed by atoms with Gasteiger partial charge in [0.15, 0.2) is 15.6 Å². The first-order chi connectivity index (χ1) is 8.56. The zero-order valence-electron chi connectivity index (χ0n) is 11.9. The van der Waals surface area contributed by atoms with Crippen molar-refractivity contribution in [2.45, 2.75) is 38.9 Å². The molecule has 2 N–H and O–H groups in total. The SMILES string of the molecule is Cc1c(N)cccc1C(=O)CCS(=O)(=O)C(C)(C)C. The van der Waals surface area contributed by atoms with E-state index in [2.05, 4.69) is 0 Å². The van der Waals surface area contributed by atoms with Crippen molar-refractivity contribution in [1.82, 2.24) is 0 Å². The Hall–Kier alpha value is -1.36. The average Bonchev–Trinajstić information content (AvgIpc) is 2.28. The molecule has 5 heteroatoms. The van der Waals surface area contributed by atoms with E-state index in [9.17, 15) is 13.2 Å². The minimum Gasteiger partial charge on any atom is -0.398 e. The van der Waals surface area contributed by atoms with E-state index in [0.717, 1.165) is 0 Å². The number of ketones is 1. The number of hydrogen-bond donors (Lipinski definition) is 1. The van der Waals surface area contributed by atoms with Crippen LogP contribution in [0.5, 0.6) is 0 Å². The second kappa shape index (κ2) is 5.33. The van der Waals surface area contributed by atoms with Crippen LogP contribution in [0, 0.1) is 6.92 Å². The lowest BCUT2D eigenvalue weighted by molar-refractivity contribution is 0.0988. The van der Waals surface area contributed by atoms with Gasteiger partial charge in [-0.25, -0.2) is 8.42 Å². The van der Waals surface area contributed by atoms with Gasteiger partial charge in [0.25, 0.3) is 0 Å². The molecule has 0 atom stereocenters. The van der Waals surface area contributed by atoms with Crippen LogP contribution in [0.3, 0.4) is 0 Å². The number of nitrogens with two attached hydrogens (primary N) is 1. The Balaban J connectivity index is 2.86. The van der Waals surface area contributed by atoms with Gasteiger partial charge in [0.1, 0.15) is 0 Å². The lowest BCUT2D eigenvalue weighted by Gasteiger charge is -2.18. The molecule has 0 radical (unpaired) electrons. The Bertz CT molecular complexity index is 583. The van der Waals surface area contributed by atoms with Crippen LogP contribution in [0.25, 0.3) is 0 Å². The standard InChI is InChI=1S/C14H21NO3S/c1-10-11(6-5-7-12(10)15)13(16)8-9-19(17,18)14(2,3)4/h5-7H,8-9,15H2,1-4H3. The molecular weight excluding hydrogens is 262 g/mol. The van der Waals surface area contributed by atoms with E-state index in [1.165, 1.54) is 0 Å². The Morgan fingerprint density at radius 2 is 1.84 bits per heavy atom. The number of rotatable bonds is 4. The largest absolute Gasteiger partial charge is 0.398 e. The normalized spacial score (nSPS) is 12.4. The third kappa shape index (κ3) is 3.56. The highest BCUT2D eigenvalue weighted by Crippen LogP contribution is 2.20. The van der Waals surface area contributed by atoms with Crippen molar-refractivity contribution in [3.63, 3.8) is 0 Å². The summed E-state index contributed by atoms with van der Waals surface area (Å²) < 4.78 is 23.1. The molecule has 1 rings (SSSR count). The van der Waals surface area contributed by atoms with Crippen molar-refractivity contribution in [1.29, 1.82) is 0 Å². The quantitative estimate of drug-likeness (QED) is 0.679. The summed E-state index contributed by atoms with van der Waals surface area (Å²) in [5, 5.41) is 0. The van der Waals surface area contributed by atoms with Crippen molar-refractivity contribution >= 4 is 21.3 Å². The van der Waals surface area contributed by atoms with E-state index in [0.29, 0.717) is 16.8 Å². The van der Waals surface area contributed by atoms with Gasteiger partial charge in [-0.3, -0.25) is 4.79 Å². The van der Waals surface area contributed by atoms with Gasteiger partial charge in [0.2, 0.25) is 0 Å². The number of anilines is 1. The molecule has 0 amide bonds. The first-order valence-electron chi connectivity index (χ1n) is 6.17. The summed E-state index contributed by atoms with van der Waals surface area (Å²) in [7, 11) is -3.28. The highest BCUT2D eigenvalue weighted by atomic mass is 32.2. The topological polar surface area (TPSA) is 77.2 Å². The molecule has 0 spiro atoms. The van der Waals surface area contributed by atoms with Crippen molar-refractivity contribution in [3.8, 4) is 0 Å². The number of carbonyl (C=O) groups is 1. The fraction of sp³-hybridized carbons (Fsp3) is 0.500. The summed E-state index contributed by atoms with van der Waals surface area (Å²) in [6.45, 7) is 6.68. The van der Waals surface area contributed by atoms with Crippen LogP contribution in [-0.2, 0) is 9.84 Å². The Labute approximate surface area is 114 Å². The lowest BCUT2D eigenvalue weighted by atomic mass is 10.0. The summed E-state index contributed by atoms with van der Waals surface area (Å²) in [5.41, 5.74) is 7.50. The fourth-order valence-corrected chi connectivity index (χ4v) is 2.69. The molecule has 0 aromatic heterocycles. The molecule has 0 unspecified atom stereocenters. The van der Waals surface area contributed by atoms with E-state index >= 15 is 0 Å². The van der Waals surface area contributed by atoms with Crippen LogP contribution in [0.2, 0.25) is 0 Å². The molecule has 0 saturated heterocycles. The van der Waals surface area contributed by atoms with E-state index < -0.39 is 14.6 Å². The molecule has 0 saturated carbocycles. The number of sulfone groups is 1. The van der Waals surface area contributed by atoms with Gasteiger partial charge in [-0.1, -0.05) is 12.1 Å². The van der Waals surface area contributed by atoms with E-state index in [4.69, 9.17) is 5.73 Å². The Kier molecular flexibility index (Phi) is 4.40. The van der Waals surface area contributed by atoms with E-state index in [1.54, 1.807) is 45.9 Å². The lowest BCUT2D eigenvalue weighted by Crippen LogP contribution is -2.31. The summed E-state index contributed by atoms with van der Waals surface area (Å²) in [6.07, 6.45) is -0.0100. The van der Waals surface area contributed by atoms with Gasteiger partial charge in [-0.2, -0.15) is 0 Å². The molecule has 0 aliphatic carbocycles. The first-order valence-corrected chi connectivity index (χ1v) is 7.82. The molecule has 0 bridgehead atoms. The molecule has 4 nitrogen and oxygen atoms in total. The minimum atomic E-state index is -3.28. The predicted octanol–water partition coefficient (Wildman–Crippen LogP) is 2.36. The third-order valence-electron chi connectivity index (χ3n) is 3.21. The monoisotopic (exact) mass is 283 g/mol. The molecule has 106 valence electrons. The molecule has 1 aromatic rings. The van der Waals surface area contributed by atoms with Gasteiger partial charge in [0.05, 0.1) is 10.5 Å². The maximum absolute atomic E-state index is 12.1. The van der Waals surface area contributed by atoms with Crippen molar-refractivity contribution in [2.24, 2.45) is 0 Å². The zero-order valence-corrected chi connectivity index (χ0v) is 12.7. The van der Waals surface area contributed by atoms with Crippen LogP contribution < -0.4 is 5.73 Å². The smallest absolute Gasteiger partial charge is 0.164 e. The van der Waals surface area contributed by atoms with E-state index in [-0.39, 0.29) is 18.0 Å². The molecule has 0 fully saturated rings. The molecule has 0 heterocycles. The van der Waals surface area contributed by atoms with Crippen LogP contribution in [0.15, 0.2) is 18.2 Å². The summed E-state index contributed by atoms with van der Waals surface area (Å²) in [4.78, 5) is 12.1. The molecular formula is C14H21NO3S. The Morgan fingerprint density at radius 1 is 1.26 bits per heavy atom. The van der Waals surface area contributed by atoms with Crippen LogP contribution >= 0.6 is 0 Å². The number of Topliss-reactive ketones (excluding diaryl/α,β-unsaturated/α-hetero) is 1.